The highest BCUT2D eigenvalue weighted by molar-refractivity contribution is 7.47. The molecule has 0 aliphatic rings. The van der Waals surface area contributed by atoms with Crippen LogP contribution in [0, 0.1) is 0 Å². The molecule has 1 N–H and O–H groups in total. The first-order valence-corrected chi connectivity index (χ1v) is 30.1. The zero-order chi connectivity index (χ0) is 48.3. The largest absolute Gasteiger partial charge is 0.472 e. The topological polar surface area (TPSA) is 91.3 Å². The second kappa shape index (κ2) is 50.4. The summed E-state index contributed by atoms with van der Waals surface area (Å²) in [7, 11) is 1.68. The Morgan fingerprint density at radius 3 is 1.23 bits per heavy atom. The molecule has 2 unspecified atom stereocenters. The molecule has 0 spiro atoms. The maximum atomic E-state index is 12.8. The van der Waals surface area contributed by atoms with Gasteiger partial charge in [0, 0.05) is 13.0 Å². The zero-order valence-corrected chi connectivity index (χ0v) is 45.6. The van der Waals surface area contributed by atoms with E-state index in [-0.39, 0.29) is 25.8 Å². The van der Waals surface area contributed by atoms with Gasteiger partial charge in [0.25, 0.3) is 0 Å². The lowest BCUT2D eigenvalue weighted by atomic mass is 10.0. The summed E-state index contributed by atoms with van der Waals surface area (Å²) >= 11 is 0. The maximum absolute atomic E-state index is 12.8. The van der Waals surface area contributed by atoms with E-state index in [1.807, 2.05) is 21.1 Å². The molecule has 0 aromatic rings. The van der Waals surface area contributed by atoms with E-state index < -0.39 is 13.9 Å². The first kappa shape index (κ1) is 65.0. The number of hydrogen-bond donors (Lipinski definition) is 1. The molecule has 0 aromatic heterocycles. The molecule has 66 heavy (non-hydrogen) atoms. The van der Waals surface area contributed by atoms with Gasteiger partial charge in [0.1, 0.15) is 19.3 Å². The average Bonchev–Trinajstić information content (AvgIpc) is 3.28. The van der Waals surface area contributed by atoms with Gasteiger partial charge < -0.3 is 18.9 Å². The molecule has 0 rings (SSSR count). The number of ether oxygens (including phenoxy) is 2. The Hall–Kier alpha value is -1.02. The zero-order valence-electron chi connectivity index (χ0n) is 44.7. The Bertz CT molecular complexity index is 1110. The van der Waals surface area contributed by atoms with Gasteiger partial charge in [0.05, 0.1) is 34.4 Å². The molecule has 0 aliphatic heterocycles. The molecule has 0 heterocycles. The smallest absolute Gasteiger partial charge is 0.457 e. The summed E-state index contributed by atoms with van der Waals surface area (Å²) in [5.74, 6) is -0.307. The van der Waals surface area contributed by atoms with Crippen LogP contribution >= 0.6 is 7.82 Å². The third-order valence-corrected chi connectivity index (χ3v) is 13.7. The molecule has 8 nitrogen and oxygen atoms in total. The monoisotopic (exact) mass is 955 g/mol. The lowest BCUT2D eigenvalue weighted by Gasteiger charge is -2.24. The second-order valence-corrected chi connectivity index (χ2v) is 22.1. The molecule has 2 atom stereocenters. The highest BCUT2D eigenvalue weighted by Crippen LogP contribution is 2.43. The van der Waals surface area contributed by atoms with Crippen LogP contribution < -0.4 is 0 Å². The molecular weight excluding hydrogens is 842 g/mol. The van der Waals surface area contributed by atoms with E-state index in [0.29, 0.717) is 24.1 Å². The van der Waals surface area contributed by atoms with Crippen molar-refractivity contribution in [1.29, 1.82) is 0 Å². The quantitative estimate of drug-likeness (QED) is 0.0213. The van der Waals surface area contributed by atoms with Crippen molar-refractivity contribution in [2.75, 3.05) is 54.1 Å². The third kappa shape index (κ3) is 53.9. The molecule has 392 valence electrons. The minimum absolute atomic E-state index is 0.0912. The van der Waals surface area contributed by atoms with Crippen LogP contribution in [-0.2, 0) is 27.9 Å². The van der Waals surface area contributed by atoms with Gasteiger partial charge in [-0.15, -0.1) is 0 Å². The fourth-order valence-corrected chi connectivity index (χ4v) is 9.09. The number of quaternary nitrogens is 1. The van der Waals surface area contributed by atoms with Gasteiger partial charge in [-0.05, 0) is 44.9 Å². The minimum atomic E-state index is -4.28. The molecule has 9 heteroatoms. The van der Waals surface area contributed by atoms with Crippen LogP contribution in [0.1, 0.15) is 277 Å². The predicted octanol–water partition coefficient (Wildman–Crippen LogP) is 17.9. The first-order valence-electron chi connectivity index (χ1n) is 28.6. The van der Waals surface area contributed by atoms with Crippen LogP contribution in [0.3, 0.4) is 0 Å². The summed E-state index contributed by atoms with van der Waals surface area (Å²) in [6, 6.07) is 0. The number of carbonyl (C=O) groups excluding carboxylic acids is 1. The summed E-state index contributed by atoms with van der Waals surface area (Å²) in [4.78, 5) is 23.1. The first-order chi connectivity index (χ1) is 32.1. The third-order valence-electron chi connectivity index (χ3n) is 12.8. The maximum Gasteiger partial charge on any atom is 0.472 e. The van der Waals surface area contributed by atoms with E-state index in [2.05, 4.69) is 38.2 Å². The summed E-state index contributed by atoms with van der Waals surface area (Å²) in [6.45, 7) is 5.68. The van der Waals surface area contributed by atoms with Gasteiger partial charge >= 0.3 is 13.8 Å². The van der Waals surface area contributed by atoms with Crippen molar-refractivity contribution in [2.45, 2.75) is 283 Å². The van der Waals surface area contributed by atoms with Crippen LogP contribution in [0.25, 0.3) is 0 Å². The van der Waals surface area contributed by atoms with Crippen LogP contribution in [0.15, 0.2) is 24.3 Å². The summed E-state index contributed by atoms with van der Waals surface area (Å²) in [5, 5.41) is 0. The number of allylic oxidation sites excluding steroid dienone is 4. The van der Waals surface area contributed by atoms with E-state index in [1.165, 1.54) is 218 Å². The molecular formula is C57H113NO7P+. The van der Waals surface area contributed by atoms with Gasteiger partial charge in [-0.3, -0.25) is 13.8 Å². The normalized spacial score (nSPS) is 13.6. The highest BCUT2D eigenvalue weighted by Gasteiger charge is 2.26. The van der Waals surface area contributed by atoms with E-state index >= 15 is 0 Å². The lowest BCUT2D eigenvalue weighted by Crippen LogP contribution is -2.37. The van der Waals surface area contributed by atoms with Crippen molar-refractivity contribution in [3.8, 4) is 0 Å². The molecule has 0 aliphatic carbocycles. The SMILES string of the molecule is CCCCCCC/C=C\C/C=C\CCCCCCCCCCCCCCOCC(COP(=O)(O)OCC[N+](C)(C)C)OC(=O)CCCCCCCCCCCCCCCCCCCCCC. The average molecular weight is 956 g/mol. The van der Waals surface area contributed by atoms with E-state index in [4.69, 9.17) is 18.5 Å². The summed E-state index contributed by atoms with van der Waals surface area (Å²) < 4.78 is 35.3. The predicted molar refractivity (Wildman–Crippen MR) is 284 cm³/mol. The van der Waals surface area contributed by atoms with Gasteiger partial charge in [-0.25, -0.2) is 4.57 Å². The lowest BCUT2D eigenvalue weighted by molar-refractivity contribution is -0.870. The highest BCUT2D eigenvalue weighted by atomic mass is 31.2. The number of hydrogen-bond acceptors (Lipinski definition) is 6. The Labute approximate surface area is 411 Å². The molecule has 0 radical (unpaired) electrons. The number of esters is 1. The fourth-order valence-electron chi connectivity index (χ4n) is 8.35. The van der Waals surface area contributed by atoms with Crippen LogP contribution in [0.5, 0.6) is 0 Å². The second-order valence-electron chi connectivity index (χ2n) is 20.7. The van der Waals surface area contributed by atoms with Crippen LogP contribution in [0.4, 0.5) is 0 Å². The number of phosphoric acid groups is 1. The molecule has 0 bridgehead atoms. The standard InChI is InChI=1S/C57H112NO7P/c1-6-8-10-12-14-16-18-20-22-24-26-28-29-30-31-33-35-37-39-41-43-45-47-49-52-62-54-56(55-64-66(60,61)63-53-51-58(3,4)5)65-57(59)50-48-46-44-42-40-38-36-34-32-27-25-23-21-19-17-15-13-11-9-7-2/h18,20,24,26,56H,6-17,19,21-23,25,27-55H2,1-5H3/p+1/b20-18-,26-24-. The van der Waals surface area contributed by atoms with Gasteiger partial charge in [0.2, 0.25) is 0 Å². The van der Waals surface area contributed by atoms with Crippen molar-refractivity contribution >= 4 is 13.8 Å². The molecule has 0 fully saturated rings. The number of phosphoric ester groups is 1. The van der Waals surface area contributed by atoms with E-state index in [1.54, 1.807) is 0 Å². The van der Waals surface area contributed by atoms with Gasteiger partial charge in [0.15, 0.2) is 0 Å². The van der Waals surface area contributed by atoms with E-state index in [9.17, 15) is 14.3 Å². The van der Waals surface area contributed by atoms with Crippen LogP contribution in [0.2, 0.25) is 0 Å². The van der Waals surface area contributed by atoms with Crippen molar-refractivity contribution in [1.82, 2.24) is 0 Å². The van der Waals surface area contributed by atoms with Gasteiger partial charge in [-0.1, -0.05) is 250 Å². The van der Waals surface area contributed by atoms with Crippen molar-refractivity contribution in [3.63, 3.8) is 0 Å². The minimum Gasteiger partial charge on any atom is -0.457 e. The number of likely N-dealkylation sites (N-methyl/N-ethyl adjacent to an activating group) is 1. The van der Waals surface area contributed by atoms with Crippen LogP contribution in [-0.4, -0.2) is 75.6 Å². The van der Waals surface area contributed by atoms with Crippen molar-refractivity contribution < 1.29 is 37.3 Å². The summed E-state index contributed by atoms with van der Waals surface area (Å²) in [6.07, 6.45) is 60.9. The number of carbonyl (C=O) groups is 1. The van der Waals surface area contributed by atoms with Crippen molar-refractivity contribution in [3.05, 3.63) is 24.3 Å². The molecule has 0 aromatic carbocycles. The number of nitrogens with zero attached hydrogens (tertiary/aromatic N) is 1. The van der Waals surface area contributed by atoms with Crippen molar-refractivity contribution in [2.24, 2.45) is 0 Å². The Kier molecular flexibility index (Phi) is 49.6. The Morgan fingerprint density at radius 1 is 0.470 bits per heavy atom. The molecule has 0 saturated heterocycles. The number of unbranched alkanes of at least 4 members (excludes halogenated alkanes) is 36. The fraction of sp³-hybridized carbons (Fsp3) is 0.912. The van der Waals surface area contributed by atoms with Gasteiger partial charge in [-0.2, -0.15) is 0 Å². The Balaban J connectivity index is 4.04. The Morgan fingerprint density at radius 2 is 0.833 bits per heavy atom. The molecule has 0 amide bonds. The number of rotatable bonds is 54. The molecule has 0 saturated carbocycles. The van der Waals surface area contributed by atoms with E-state index in [0.717, 1.165) is 38.5 Å². The summed E-state index contributed by atoms with van der Waals surface area (Å²) in [5.41, 5.74) is 0.